The molecule has 4 nitrogen and oxygen atoms in total. The van der Waals surface area contributed by atoms with Crippen molar-refractivity contribution in [1.29, 1.82) is 0 Å². The van der Waals surface area contributed by atoms with Crippen LogP contribution in [0.1, 0.15) is 11.3 Å². The normalized spacial score (nSPS) is 10.2. The first-order valence-electron chi connectivity index (χ1n) is 6.48. The molecule has 0 saturated carbocycles. The molecular formula is C16H19NO3. The summed E-state index contributed by atoms with van der Waals surface area (Å²) in [5.41, 5.74) is 1.04. The van der Waals surface area contributed by atoms with E-state index in [1.165, 1.54) is 0 Å². The molecule has 0 aliphatic rings. The maximum atomic E-state index is 5.69. The molecule has 2 aromatic rings. The fourth-order valence-electron chi connectivity index (χ4n) is 1.90. The molecule has 0 spiro atoms. The quantitative estimate of drug-likeness (QED) is 0.750. The monoisotopic (exact) mass is 273 g/mol. The van der Waals surface area contributed by atoms with Crippen LogP contribution in [0.5, 0.6) is 11.5 Å². The lowest BCUT2D eigenvalue weighted by Gasteiger charge is -2.14. The molecule has 0 bridgehead atoms. The summed E-state index contributed by atoms with van der Waals surface area (Å²) in [6, 6.07) is 9.66. The van der Waals surface area contributed by atoms with Gasteiger partial charge in [0.05, 0.1) is 19.9 Å². The Kier molecular flexibility index (Phi) is 5.26. The van der Waals surface area contributed by atoms with E-state index in [0.29, 0.717) is 19.7 Å². The van der Waals surface area contributed by atoms with E-state index in [2.05, 4.69) is 11.9 Å². The number of rotatable bonds is 8. The lowest BCUT2D eigenvalue weighted by molar-refractivity contribution is 0.322. The molecular weight excluding hydrogens is 254 g/mol. The number of benzene rings is 1. The van der Waals surface area contributed by atoms with E-state index in [4.69, 9.17) is 13.9 Å². The molecule has 2 rings (SSSR count). The van der Waals surface area contributed by atoms with Gasteiger partial charge in [0.25, 0.3) is 0 Å². The Balaban J connectivity index is 2.03. The van der Waals surface area contributed by atoms with Crippen LogP contribution in [0.15, 0.2) is 53.7 Å². The minimum atomic E-state index is 0.450. The molecule has 0 saturated heterocycles. The Bertz CT molecular complexity index is 535. The smallest absolute Gasteiger partial charge is 0.166 e. The van der Waals surface area contributed by atoms with Gasteiger partial charge in [-0.25, -0.2) is 0 Å². The van der Waals surface area contributed by atoms with Crippen LogP contribution in [0, 0.1) is 0 Å². The van der Waals surface area contributed by atoms with E-state index in [-0.39, 0.29) is 0 Å². The minimum Gasteiger partial charge on any atom is -0.493 e. The Hall–Kier alpha value is -2.20. The predicted molar refractivity (Wildman–Crippen MR) is 77.9 cm³/mol. The van der Waals surface area contributed by atoms with Crippen LogP contribution in [0.4, 0.5) is 0 Å². The standard InChI is InChI=1S/C16H19NO3/c1-3-9-20-16-13(6-4-8-15(16)18-2)11-17-12-14-7-5-10-19-14/h3-8,10,17H,1,9,11-12H2,2H3. The van der Waals surface area contributed by atoms with Crippen molar-refractivity contribution in [2.24, 2.45) is 0 Å². The number of ether oxygens (including phenoxy) is 2. The van der Waals surface area contributed by atoms with E-state index in [9.17, 15) is 0 Å². The molecule has 0 atom stereocenters. The molecule has 1 aromatic carbocycles. The van der Waals surface area contributed by atoms with Gasteiger partial charge >= 0.3 is 0 Å². The molecule has 1 N–H and O–H groups in total. The van der Waals surface area contributed by atoms with E-state index in [1.54, 1.807) is 19.4 Å². The van der Waals surface area contributed by atoms with Gasteiger partial charge in [-0.15, -0.1) is 0 Å². The zero-order valence-corrected chi connectivity index (χ0v) is 11.6. The summed E-state index contributed by atoms with van der Waals surface area (Å²) >= 11 is 0. The van der Waals surface area contributed by atoms with Crippen LogP contribution in [0.2, 0.25) is 0 Å². The highest BCUT2D eigenvalue weighted by molar-refractivity contribution is 5.46. The van der Waals surface area contributed by atoms with Crippen LogP contribution in [-0.4, -0.2) is 13.7 Å². The molecule has 0 amide bonds. The van der Waals surface area contributed by atoms with Crippen molar-refractivity contribution >= 4 is 0 Å². The Labute approximate surface area is 119 Å². The third-order valence-corrected chi connectivity index (χ3v) is 2.82. The number of nitrogens with one attached hydrogen (secondary N) is 1. The molecule has 0 unspecified atom stereocenters. The third-order valence-electron chi connectivity index (χ3n) is 2.82. The highest BCUT2D eigenvalue weighted by atomic mass is 16.5. The van der Waals surface area contributed by atoms with Crippen LogP contribution >= 0.6 is 0 Å². The summed E-state index contributed by atoms with van der Waals surface area (Å²) in [6.45, 7) is 5.46. The average Bonchev–Trinajstić information content (AvgIpc) is 2.98. The van der Waals surface area contributed by atoms with Gasteiger partial charge in [-0.1, -0.05) is 24.8 Å². The van der Waals surface area contributed by atoms with Crippen molar-refractivity contribution in [2.75, 3.05) is 13.7 Å². The molecule has 0 aliphatic heterocycles. The lowest BCUT2D eigenvalue weighted by Crippen LogP contribution is -2.13. The fourth-order valence-corrected chi connectivity index (χ4v) is 1.90. The van der Waals surface area contributed by atoms with E-state index in [0.717, 1.165) is 22.8 Å². The number of furan rings is 1. The van der Waals surface area contributed by atoms with E-state index < -0.39 is 0 Å². The molecule has 4 heteroatoms. The SMILES string of the molecule is C=CCOc1c(CNCc2ccco2)cccc1OC. The number of methoxy groups -OCH3 is 1. The second-order valence-corrected chi connectivity index (χ2v) is 4.23. The van der Waals surface area contributed by atoms with Gasteiger partial charge < -0.3 is 19.2 Å². The van der Waals surface area contributed by atoms with Gasteiger partial charge in [0, 0.05) is 12.1 Å². The van der Waals surface area contributed by atoms with E-state index in [1.807, 2.05) is 30.3 Å². The first-order valence-corrected chi connectivity index (χ1v) is 6.48. The first kappa shape index (κ1) is 14.2. The average molecular weight is 273 g/mol. The Morgan fingerprint density at radius 1 is 1.25 bits per heavy atom. The molecule has 0 fully saturated rings. The number of para-hydroxylation sites is 1. The van der Waals surface area contributed by atoms with Crippen LogP contribution in [-0.2, 0) is 13.1 Å². The van der Waals surface area contributed by atoms with Crippen LogP contribution in [0.25, 0.3) is 0 Å². The van der Waals surface area contributed by atoms with Crippen molar-refractivity contribution < 1.29 is 13.9 Å². The highest BCUT2D eigenvalue weighted by Gasteiger charge is 2.10. The van der Waals surface area contributed by atoms with Gasteiger partial charge in [-0.2, -0.15) is 0 Å². The topological polar surface area (TPSA) is 43.6 Å². The maximum absolute atomic E-state index is 5.69. The van der Waals surface area contributed by atoms with Gasteiger partial charge in [0.15, 0.2) is 11.5 Å². The predicted octanol–water partition coefficient (Wildman–Crippen LogP) is 3.14. The maximum Gasteiger partial charge on any atom is 0.166 e. The van der Waals surface area contributed by atoms with E-state index >= 15 is 0 Å². The first-order chi connectivity index (χ1) is 9.85. The molecule has 1 heterocycles. The molecule has 20 heavy (non-hydrogen) atoms. The highest BCUT2D eigenvalue weighted by Crippen LogP contribution is 2.31. The Morgan fingerprint density at radius 3 is 2.85 bits per heavy atom. The van der Waals surface area contributed by atoms with Crippen molar-refractivity contribution in [3.63, 3.8) is 0 Å². The summed E-state index contributed by atoms with van der Waals surface area (Å²) in [5, 5.41) is 3.32. The van der Waals surface area contributed by atoms with Gasteiger partial charge in [0.2, 0.25) is 0 Å². The summed E-state index contributed by atoms with van der Waals surface area (Å²) in [4.78, 5) is 0. The third kappa shape index (κ3) is 3.65. The molecule has 0 aliphatic carbocycles. The van der Waals surface area contributed by atoms with Gasteiger partial charge in [-0.3, -0.25) is 0 Å². The fraction of sp³-hybridized carbons (Fsp3) is 0.250. The minimum absolute atomic E-state index is 0.450. The second-order valence-electron chi connectivity index (χ2n) is 4.23. The zero-order valence-electron chi connectivity index (χ0n) is 11.6. The van der Waals surface area contributed by atoms with Crippen LogP contribution in [0.3, 0.4) is 0 Å². The summed E-state index contributed by atoms with van der Waals surface area (Å²) in [7, 11) is 1.64. The van der Waals surface area contributed by atoms with Gasteiger partial charge in [0.1, 0.15) is 12.4 Å². The van der Waals surface area contributed by atoms with Crippen molar-refractivity contribution in [2.45, 2.75) is 13.1 Å². The van der Waals surface area contributed by atoms with Gasteiger partial charge in [-0.05, 0) is 18.2 Å². The number of hydrogen-bond acceptors (Lipinski definition) is 4. The molecule has 0 radical (unpaired) electrons. The van der Waals surface area contributed by atoms with Crippen LogP contribution < -0.4 is 14.8 Å². The second kappa shape index (κ2) is 7.40. The summed E-state index contributed by atoms with van der Waals surface area (Å²) in [6.07, 6.45) is 3.38. The van der Waals surface area contributed by atoms with Crippen molar-refractivity contribution in [3.05, 3.63) is 60.6 Å². The van der Waals surface area contributed by atoms with Crippen molar-refractivity contribution in [1.82, 2.24) is 5.32 Å². The lowest BCUT2D eigenvalue weighted by atomic mass is 10.2. The summed E-state index contributed by atoms with van der Waals surface area (Å²) in [5.74, 6) is 2.38. The van der Waals surface area contributed by atoms with Crippen molar-refractivity contribution in [3.8, 4) is 11.5 Å². The molecule has 106 valence electrons. The summed E-state index contributed by atoms with van der Waals surface area (Å²) < 4.78 is 16.3. The molecule has 1 aromatic heterocycles. The largest absolute Gasteiger partial charge is 0.493 e. The Morgan fingerprint density at radius 2 is 2.15 bits per heavy atom. The zero-order chi connectivity index (χ0) is 14.2. The number of hydrogen-bond donors (Lipinski definition) is 1.